The molecule has 1 aliphatic heterocycles. The lowest BCUT2D eigenvalue weighted by atomic mass is 10.00. The molecule has 0 unspecified atom stereocenters. The highest BCUT2D eigenvalue weighted by atomic mass is 32.2. The first-order valence-electron chi connectivity index (χ1n) is 7.83. The lowest BCUT2D eigenvalue weighted by Crippen LogP contribution is -2.31. The van der Waals surface area contributed by atoms with Gasteiger partial charge in [-0.1, -0.05) is 6.07 Å². The Labute approximate surface area is 137 Å². The van der Waals surface area contributed by atoms with Crippen LogP contribution in [-0.4, -0.2) is 37.3 Å². The predicted molar refractivity (Wildman–Crippen MR) is 92.3 cm³/mol. The highest BCUT2D eigenvalue weighted by molar-refractivity contribution is 7.92. The molecule has 2 heterocycles. The van der Waals surface area contributed by atoms with Gasteiger partial charge in [0.05, 0.1) is 18.3 Å². The lowest BCUT2D eigenvalue weighted by molar-refractivity contribution is 0.601. The number of rotatable bonds is 6. The lowest BCUT2D eigenvalue weighted by Gasteiger charge is -2.32. The molecule has 0 bridgehead atoms. The van der Waals surface area contributed by atoms with Crippen LogP contribution in [0.25, 0.3) is 0 Å². The third-order valence-electron chi connectivity index (χ3n) is 4.05. The van der Waals surface area contributed by atoms with Gasteiger partial charge in [-0.25, -0.2) is 13.4 Å². The standard InChI is InChI=1S/C16H22N4O2S/c1-23(21,22)18-15-6-2-7-16-14(15)5-3-10-20(16)11-4-9-19-12-8-17-13-19/h2,6-8,12-13,18H,3-5,9-11H2,1H3. The molecular weight excluding hydrogens is 312 g/mol. The summed E-state index contributed by atoms with van der Waals surface area (Å²) in [6.07, 6.45) is 9.76. The van der Waals surface area contributed by atoms with Crippen molar-refractivity contribution in [1.82, 2.24) is 9.55 Å². The molecule has 0 spiro atoms. The molecule has 1 aromatic heterocycles. The van der Waals surface area contributed by atoms with Crippen molar-refractivity contribution in [2.75, 3.05) is 29.0 Å². The molecule has 1 aromatic carbocycles. The number of sulfonamides is 1. The SMILES string of the molecule is CS(=O)(=O)Nc1cccc2c1CCCN2CCCn1ccnc1. The number of benzene rings is 1. The van der Waals surface area contributed by atoms with Crippen LogP contribution in [0.4, 0.5) is 11.4 Å². The van der Waals surface area contributed by atoms with Gasteiger partial charge >= 0.3 is 0 Å². The zero-order chi connectivity index (χ0) is 16.3. The van der Waals surface area contributed by atoms with Crippen molar-refractivity contribution in [2.45, 2.75) is 25.8 Å². The number of hydrogen-bond acceptors (Lipinski definition) is 4. The van der Waals surface area contributed by atoms with Gasteiger partial charge in [0.25, 0.3) is 0 Å². The highest BCUT2D eigenvalue weighted by Crippen LogP contribution is 2.33. The normalized spacial score (nSPS) is 14.6. The summed E-state index contributed by atoms with van der Waals surface area (Å²) in [5, 5.41) is 0. The molecule has 0 radical (unpaired) electrons. The van der Waals surface area contributed by atoms with E-state index in [9.17, 15) is 8.42 Å². The molecule has 7 heteroatoms. The Hall–Kier alpha value is -2.02. The van der Waals surface area contributed by atoms with Crippen molar-refractivity contribution < 1.29 is 8.42 Å². The summed E-state index contributed by atoms with van der Waals surface area (Å²) in [7, 11) is -3.25. The van der Waals surface area contributed by atoms with Gasteiger partial charge in [0.15, 0.2) is 0 Å². The summed E-state index contributed by atoms with van der Waals surface area (Å²) >= 11 is 0. The van der Waals surface area contributed by atoms with E-state index in [1.54, 1.807) is 6.20 Å². The Bertz CT molecular complexity index is 756. The summed E-state index contributed by atoms with van der Waals surface area (Å²) in [6, 6.07) is 5.84. The fourth-order valence-corrected chi connectivity index (χ4v) is 3.68. The van der Waals surface area contributed by atoms with Gasteiger partial charge < -0.3 is 9.47 Å². The number of nitrogens with zero attached hydrogens (tertiary/aromatic N) is 3. The molecule has 1 N–H and O–H groups in total. The zero-order valence-electron chi connectivity index (χ0n) is 13.3. The van der Waals surface area contributed by atoms with Crippen LogP contribution in [0.5, 0.6) is 0 Å². The van der Waals surface area contributed by atoms with Crippen LogP contribution in [0.15, 0.2) is 36.9 Å². The summed E-state index contributed by atoms with van der Waals surface area (Å²) < 4.78 is 27.8. The molecular formula is C16H22N4O2S. The molecule has 2 aromatic rings. The van der Waals surface area contributed by atoms with Crippen LogP contribution >= 0.6 is 0 Å². The van der Waals surface area contributed by atoms with Crippen LogP contribution in [0.1, 0.15) is 18.4 Å². The number of anilines is 2. The first kappa shape index (κ1) is 15.9. The Kier molecular flexibility index (Phi) is 4.56. The van der Waals surface area contributed by atoms with Gasteiger partial charge in [-0.3, -0.25) is 4.72 Å². The maximum Gasteiger partial charge on any atom is 0.229 e. The average molecular weight is 334 g/mol. The van der Waals surface area contributed by atoms with Crippen molar-refractivity contribution >= 4 is 21.4 Å². The van der Waals surface area contributed by atoms with E-state index in [0.29, 0.717) is 5.69 Å². The van der Waals surface area contributed by atoms with Crippen LogP contribution in [0.3, 0.4) is 0 Å². The van der Waals surface area contributed by atoms with Crippen LogP contribution < -0.4 is 9.62 Å². The molecule has 0 atom stereocenters. The van der Waals surface area contributed by atoms with E-state index in [1.165, 1.54) is 6.26 Å². The second kappa shape index (κ2) is 6.62. The molecule has 23 heavy (non-hydrogen) atoms. The van der Waals surface area contributed by atoms with Gasteiger partial charge in [0.2, 0.25) is 10.0 Å². The van der Waals surface area contributed by atoms with E-state index >= 15 is 0 Å². The van der Waals surface area contributed by atoms with E-state index in [0.717, 1.165) is 50.1 Å². The largest absolute Gasteiger partial charge is 0.371 e. The third kappa shape index (κ3) is 4.04. The topological polar surface area (TPSA) is 67.2 Å². The van der Waals surface area contributed by atoms with Crippen LogP contribution in [-0.2, 0) is 23.0 Å². The van der Waals surface area contributed by atoms with E-state index in [1.807, 2.05) is 24.7 Å². The number of nitrogens with one attached hydrogen (secondary N) is 1. The van der Waals surface area contributed by atoms with Gasteiger partial charge in [-0.2, -0.15) is 0 Å². The van der Waals surface area contributed by atoms with Crippen molar-refractivity contribution in [3.05, 3.63) is 42.5 Å². The number of fused-ring (bicyclic) bond motifs is 1. The first-order chi connectivity index (χ1) is 11.0. The quantitative estimate of drug-likeness (QED) is 0.878. The van der Waals surface area contributed by atoms with Crippen molar-refractivity contribution in [3.63, 3.8) is 0 Å². The van der Waals surface area contributed by atoms with Gasteiger partial charge in [0, 0.05) is 37.7 Å². The van der Waals surface area contributed by atoms with Crippen molar-refractivity contribution in [3.8, 4) is 0 Å². The number of aryl methyl sites for hydroxylation is 1. The van der Waals surface area contributed by atoms with E-state index < -0.39 is 10.0 Å². The number of imidazole rings is 1. The molecule has 0 saturated heterocycles. The molecule has 124 valence electrons. The second-order valence-electron chi connectivity index (χ2n) is 5.92. The Morgan fingerprint density at radius 3 is 2.91 bits per heavy atom. The summed E-state index contributed by atoms with van der Waals surface area (Å²) in [4.78, 5) is 6.40. The first-order valence-corrected chi connectivity index (χ1v) is 9.72. The monoisotopic (exact) mass is 334 g/mol. The smallest absolute Gasteiger partial charge is 0.229 e. The Balaban J connectivity index is 1.72. The summed E-state index contributed by atoms with van der Waals surface area (Å²) in [5.41, 5.74) is 2.96. The third-order valence-corrected chi connectivity index (χ3v) is 4.64. The molecule has 1 aliphatic rings. The molecule has 6 nitrogen and oxygen atoms in total. The highest BCUT2D eigenvalue weighted by Gasteiger charge is 2.20. The second-order valence-corrected chi connectivity index (χ2v) is 7.67. The van der Waals surface area contributed by atoms with Gasteiger partial charge in [-0.05, 0) is 37.0 Å². The van der Waals surface area contributed by atoms with Gasteiger partial charge in [-0.15, -0.1) is 0 Å². The molecule has 0 fully saturated rings. The molecule has 0 aliphatic carbocycles. The Morgan fingerprint density at radius 2 is 2.17 bits per heavy atom. The number of hydrogen-bond donors (Lipinski definition) is 1. The summed E-state index contributed by atoms with van der Waals surface area (Å²) in [6.45, 7) is 2.90. The fraction of sp³-hybridized carbons (Fsp3) is 0.438. The van der Waals surface area contributed by atoms with E-state index in [4.69, 9.17) is 0 Å². The van der Waals surface area contributed by atoms with E-state index in [-0.39, 0.29) is 0 Å². The number of aromatic nitrogens is 2. The minimum absolute atomic E-state index is 0.712. The molecule has 0 amide bonds. The molecule has 3 rings (SSSR count). The predicted octanol–water partition coefficient (Wildman–Crippen LogP) is 2.10. The maximum atomic E-state index is 11.5. The minimum atomic E-state index is -3.25. The van der Waals surface area contributed by atoms with Crippen LogP contribution in [0, 0.1) is 0 Å². The minimum Gasteiger partial charge on any atom is -0.371 e. The summed E-state index contributed by atoms with van der Waals surface area (Å²) in [5.74, 6) is 0. The molecule has 0 saturated carbocycles. The van der Waals surface area contributed by atoms with E-state index in [2.05, 4.69) is 25.2 Å². The maximum absolute atomic E-state index is 11.5. The zero-order valence-corrected chi connectivity index (χ0v) is 14.1. The Morgan fingerprint density at radius 1 is 1.30 bits per heavy atom. The van der Waals surface area contributed by atoms with Crippen LogP contribution in [0.2, 0.25) is 0 Å². The fourth-order valence-electron chi connectivity index (χ4n) is 3.09. The van der Waals surface area contributed by atoms with Crippen molar-refractivity contribution in [1.29, 1.82) is 0 Å². The van der Waals surface area contributed by atoms with Gasteiger partial charge in [0.1, 0.15) is 0 Å². The average Bonchev–Trinajstić information content (AvgIpc) is 3.00. The van der Waals surface area contributed by atoms with Crippen molar-refractivity contribution in [2.24, 2.45) is 0 Å².